The third-order valence-corrected chi connectivity index (χ3v) is 4.59. The number of rotatable bonds is 7. The van der Waals surface area contributed by atoms with E-state index >= 15 is 0 Å². The molecular weight excluding hydrogens is 355 g/mol. The van der Waals surface area contributed by atoms with Gasteiger partial charge in [0.2, 0.25) is 0 Å². The fourth-order valence-electron chi connectivity index (χ4n) is 2.00. The molecule has 0 aliphatic carbocycles. The SMILES string of the molecule is CCCCSC(=O)OC(Cn1ccnc1)c1ccc(Cl)cc1Cl. The zero-order valence-corrected chi connectivity index (χ0v) is 15.1. The summed E-state index contributed by atoms with van der Waals surface area (Å²) in [6.07, 6.45) is 6.70. The zero-order chi connectivity index (χ0) is 16.7. The number of carbonyl (C=O) groups is 1. The number of imidazole rings is 1. The fourth-order valence-corrected chi connectivity index (χ4v) is 3.31. The van der Waals surface area contributed by atoms with E-state index in [4.69, 9.17) is 27.9 Å². The smallest absolute Gasteiger partial charge is 0.367 e. The molecule has 0 saturated heterocycles. The minimum absolute atomic E-state index is 0.297. The van der Waals surface area contributed by atoms with Gasteiger partial charge < -0.3 is 9.30 Å². The summed E-state index contributed by atoms with van der Waals surface area (Å²) in [6, 6.07) is 5.18. The molecule has 1 unspecified atom stereocenters. The topological polar surface area (TPSA) is 44.1 Å². The summed E-state index contributed by atoms with van der Waals surface area (Å²) in [5, 5.41) is 0.729. The van der Waals surface area contributed by atoms with Gasteiger partial charge in [-0.05, 0) is 30.3 Å². The molecule has 1 heterocycles. The fraction of sp³-hybridized carbons (Fsp3) is 0.375. The molecular formula is C16H18Cl2N2O2S. The standard InChI is InChI=1S/C16H18Cl2N2O2S/c1-2-3-8-23-16(21)22-15(10-20-7-6-19-11-20)13-5-4-12(17)9-14(13)18/h4-7,9,11,15H,2-3,8,10H2,1H3. The number of carbonyl (C=O) groups excluding carboxylic acids is 1. The molecule has 7 heteroatoms. The van der Waals surface area contributed by atoms with E-state index in [-0.39, 0.29) is 5.30 Å². The van der Waals surface area contributed by atoms with Crippen LogP contribution in [0.5, 0.6) is 0 Å². The van der Waals surface area contributed by atoms with E-state index in [1.165, 1.54) is 11.8 Å². The molecule has 0 fully saturated rings. The second-order valence-corrected chi connectivity index (χ2v) is 6.86. The Balaban J connectivity index is 2.12. The summed E-state index contributed by atoms with van der Waals surface area (Å²) in [4.78, 5) is 16.1. The van der Waals surface area contributed by atoms with Crippen molar-refractivity contribution in [1.82, 2.24) is 9.55 Å². The molecule has 2 aromatic rings. The average Bonchev–Trinajstić information content (AvgIpc) is 3.00. The number of aromatic nitrogens is 2. The predicted octanol–water partition coefficient (Wildman–Crippen LogP) is 5.60. The lowest BCUT2D eigenvalue weighted by atomic mass is 10.1. The monoisotopic (exact) mass is 372 g/mol. The minimum atomic E-state index is -0.490. The number of unbranched alkanes of at least 4 members (excludes halogenated alkanes) is 1. The van der Waals surface area contributed by atoms with Crippen LogP contribution in [0.25, 0.3) is 0 Å². The van der Waals surface area contributed by atoms with Crippen molar-refractivity contribution in [2.75, 3.05) is 5.75 Å². The van der Waals surface area contributed by atoms with Crippen molar-refractivity contribution in [3.63, 3.8) is 0 Å². The molecule has 0 radical (unpaired) electrons. The van der Waals surface area contributed by atoms with Crippen molar-refractivity contribution in [2.45, 2.75) is 32.4 Å². The first-order valence-electron chi connectivity index (χ1n) is 7.34. The summed E-state index contributed by atoms with van der Waals surface area (Å²) < 4.78 is 7.47. The summed E-state index contributed by atoms with van der Waals surface area (Å²) in [5.74, 6) is 0.751. The number of nitrogens with zero attached hydrogens (tertiary/aromatic N) is 2. The van der Waals surface area contributed by atoms with Gasteiger partial charge >= 0.3 is 5.30 Å². The average molecular weight is 373 g/mol. The van der Waals surface area contributed by atoms with Crippen LogP contribution in [-0.4, -0.2) is 20.6 Å². The third kappa shape index (κ3) is 5.75. The molecule has 23 heavy (non-hydrogen) atoms. The Morgan fingerprint density at radius 1 is 1.43 bits per heavy atom. The predicted molar refractivity (Wildman–Crippen MR) is 95.3 cm³/mol. The molecule has 124 valence electrons. The summed E-state index contributed by atoms with van der Waals surface area (Å²) in [7, 11) is 0. The molecule has 0 N–H and O–H groups in total. The van der Waals surface area contributed by atoms with Crippen molar-refractivity contribution < 1.29 is 9.53 Å². The van der Waals surface area contributed by atoms with Crippen LogP contribution in [0.1, 0.15) is 31.4 Å². The number of hydrogen-bond acceptors (Lipinski definition) is 4. The molecule has 0 saturated carbocycles. The second kappa shape index (κ2) is 9.21. The lowest BCUT2D eigenvalue weighted by Crippen LogP contribution is -2.14. The van der Waals surface area contributed by atoms with E-state index in [1.54, 1.807) is 30.7 Å². The normalized spacial score (nSPS) is 12.1. The van der Waals surface area contributed by atoms with E-state index in [0.717, 1.165) is 24.2 Å². The van der Waals surface area contributed by atoms with Crippen LogP contribution in [0.2, 0.25) is 10.0 Å². The molecule has 0 bridgehead atoms. The first-order chi connectivity index (χ1) is 11.1. The van der Waals surface area contributed by atoms with Crippen LogP contribution in [0, 0.1) is 0 Å². The maximum absolute atomic E-state index is 12.1. The Morgan fingerprint density at radius 2 is 2.26 bits per heavy atom. The Labute approximate surface area is 150 Å². The Morgan fingerprint density at radius 3 is 2.91 bits per heavy atom. The van der Waals surface area contributed by atoms with Crippen LogP contribution in [0.4, 0.5) is 4.79 Å². The number of halogens is 2. The van der Waals surface area contributed by atoms with Gasteiger partial charge in [0.05, 0.1) is 12.9 Å². The summed E-state index contributed by atoms with van der Waals surface area (Å²) >= 11 is 13.4. The van der Waals surface area contributed by atoms with Gasteiger partial charge in [0.15, 0.2) is 0 Å². The largest absolute Gasteiger partial charge is 0.447 e. The Bertz CT molecular complexity index is 635. The van der Waals surface area contributed by atoms with Gasteiger partial charge in [-0.1, -0.05) is 42.6 Å². The van der Waals surface area contributed by atoms with Crippen molar-refractivity contribution in [1.29, 1.82) is 0 Å². The zero-order valence-electron chi connectivity index (χ0n) is 12.7. The number of ether oxygens (including phenoxy) is 1. The van der Waals surface area contributed by atoms with Crippen molar-refractivity contribution >= 4 is 40.3 Å². The van der Waals surface area contributed by atoms with Crippen molar-refractivity contribution in [3.05, 3.63) is 52.5 Å². The highest BCUT2D eigenvalue weighted by Crippen LogP contribution is 2.31. The molecule has 4 nitrogen and oxygen atoms in total. The maximum Gasteiger partial charge on any atom is 0.367 e. The first-order valence-corrected chi connectivity index (χ1v) is 9.08. The van der Waals surface area contributed by atoms with Crippen LogP contribution in [0.15, 0.2) is 36.9 Å². The van der Waals surface area contributed by atoms with E-state index in [0.29, 0.717) is 16.6 Å². The number of hydrogen-bond donors (Lipinski definition) is 0. The van der Waals surface area contributed by atoms with Crippen LogP contribution < -0.4 is 0 Å². The lowest BCUT2D eigenvalue weighted by molar-refractivity contribution is 0.111. The van der Waals surface area contributed by atoms with Gasteiger partial charge in [0, 0.05) is 33.8 Å². The lowest BCUT2D eigenvalue weighted by Gasteiger charge is -2.20. The summed E-state index contributed by atoms with van der Waals surface area (Å²) in [5.41, 5.74) is 0.731. The van der Waals surface area contributed by atoms with Crippen LogP contribution in [0.3, 0.4) is 0 Å². The van der Waals surface area contributed by atoms with Gasteiger partial charge in [-0.2, -0.15) is 0 Å². The highest BCUT2D eigenvalue weighted by Gasteiger charge is 2.20. The minimum Gasteiger partial charge on any atom is -0.447 e. The van der Waals surface area contributed by atoms with Crippen LogP contribution in [-0.2, 0) is 11.3 Å². The first kappa shape index (κ1) is 18.2. The molecule has 0 aliphatic rings. The van der Waals surface area contributed by atoms with Gasteiger partial charge in [-0.3, -0.25) is 0 Å². The molecule has 1 aromatic carbocycles. The third-order valence-electron chi connectivity index (χ3n) is 3.20. The maximum atomic E-state index is 12.1. The Kier molecular flexibility index (Phi) is 7.27. The van der Waals surface area contributed by atoms with E-state index in [2.05, 4.69) is 11.9 Å². The van der Waals surface area contributed by atoms with Gasteiger partial charge in [0.25, 0.3) is 0 Å². The molecule has 0 spiro atoms. The quantitative estimate of drug-likeness (QED) is 0.468. The van der Waals surface area contributed by atoms with Gasteiger partial charge in [-0.15, -0.1) is 0 Å². The number of benzene rings is 1. The van der Waals surface area contributed by atoms with Crippen molar-refractivity contribution in [2.24, 2.45) is 0 Å². The highest BCUT2D eigenvalue weighted by atomic mass is 35.5. The molecule has 0 amide bonds. The van der Waals surface area contributed by atoms with E-state index in [1.807, 2.05) is 10.8 Å². The van der Waals surface area contributed by atoms with Gasteiger partial charge in [-0.25, -0.2) is 9.78 Å². The van der Waals surface area contributed by atoms with Gasteiger partial charge in [0.1, 0.15) is 6.10 Å². The van der Waals surface area contributed by atoms with E-state index < -0.39 is 6.10 Å². The second-order valence-electron chi connectivity index (χ2n) is 4.98. The van der Waals surface area contributed by atoms with Crippen LogP contribution >= 0.6 is 35.0 Å². The summed E-state index contributed by atoms with van der Waals surface area (Å²) in [6.45, 7) is 2.53. The Hall–Kier alpha value is -1.17. The molecule has 1 atom stereocenters. The number of thioether (sulfide) groups is 1. The van der Waals surface area contributed by atoms with Crippen molar-refractivity contribution in [3.8, 4) is 0 Å². The molecule has 1 aromatic heterocycles. The molecule has 0 aliphatic heterocycles. The van der Waals surface area contributed by atoms with E-state index in [9.17, 15) is 4.79 Å². The molecule has 2 rings (SSSR count). The highest BCUT2D eigenvalue weighted by molar-refractivity contribution is 8.13.